The second kappa shape index (κ2) is 5.71. The van der Waals surface area contributed by atoms with Crippen LogP contribution >= 0.6 is 0 Å². The minimum atomic E-state index is -0.263. The Morgan fingerprint density at radius 3 is 2.74 bits per heavy atom. The van der Waals surface area contributed by atoms with Crippen LogP contribution in [0.5, 0.6) is 5.75 Å². The van der Waals surface area contributed by atoms with Crippen molar-refractivity contribution in [2.24, 2.45) is 5.73 Å². The number of anilines is 1. The molecule has 0 aliphatic carbocycles. The van der Waals surface area contributed by atoms with Gasteiger partial charge in [-0.3, -0.25) is 0 Å². The lowest BCUT2D eigenvalue weighted by atomic mass is 10.2. The number of methoxy groups -OCH3 is 1. The van der Waals surface area contributed by atoms with E-state index in [-0.39, 0.29) is 6.04 Å². The molecule has 0 aliphatic rings. The van der Waals surface area contributed by atoms with E-state index in [1.807, 2.05) is 36.2 Å². The molecule has 1 aromatic carbocycles. The third-order valence-corrected chi connectivity index (χ3v) is 2.75. The fraction of sp³-hybridized carbons (Fsp3) is 0.385. The molecule has 102 valence electrons. The summed E-state index contributed by atoms with van der Waals surface area (Å²) in [5.74, 6) is 1.27. The maximum atomic E-state index is 5.69. The summed E-state index contributed by atoms with van der Waals surface area (Å²) in [5, 5.41) is 7.88. The lowest BCUT2D eigenvalue weighted by molar-refractivity contribution is 0.408. The maximum Gasteiger partial charge on any atom is 0.318 e. The number of ether oxygens (including phenoxy) is 1. The molecule has 0 saturated carbocycles. The monoisotopic (exact) mass is 262 g/mol. The van der Waals surface area contributed by atoms with E-state index in [2.05, 4.69) is 10.2 Å². The minimum absolute atomic E-state index is 0.263. The first-order valence-electron chi connectivity index (χ1n) is 6.04. The molecule has 2 N–H and O–H groups in total. The standard InChI is InChI=1S/C13H18N4O2/c1-9(14)12-15-16-13(19-12)17(2)8-10-6-4-5-7-11(10)18-3/h4-7,9H,8,14H2,1-3H3. The fourth-order valence-corrected chi connectivity index (χ4v) is 1.72. The van der Waals surface area contributed by atoms with Crippen LogP contribution in [-0.4, -0.2) is 24.4 Å². The summed E-state index contributed by atoms with van der Waals surface area (Å²) in [4.78, 5) is 1.86. The number of aromatic nitrogens is 2. The van der Waals surface area contributed by atoms with E-state index in [9.17, 15) is 0 Å². The van der Waals surface area contributed by atoms with Gasteiger partial charge in [-0.05, 0) is 13.0 Å². The quantitative estimate of drug-likeness (QED) is 0.884. The van der Waals surface area contributed by atoms with E-state index < -0.39 is 0 Å². The van der Waals surface area contributed by atoms with Crippen LogP contribution in [0.25, 0.3) is 0 Å². The van der Waals surface area contributed by atoms with E-state index >= 15 is 0 Å². The van der Waals surface area contributed by atoms with Gasteiger partial charge in [0.25, 0.3) is 0 Å². The molecule has 2 aromatic rings. The van der Waals surface area contributed by atoms with Gasteiger partial charge < -0.3 is 19.8 Å². The summed E-state index contributed by atoms with van der Waals surface area (Å²) in [7, 11) is 3.53. The Hall–Kier alpha value is -2.08. The van der Waals surface area contributed by atoms with Crippen LogP contribution in [-0.2, 0) is 6.54 Å². The van der Waals surface area contributed by atoms with Crippen LogP contribution in [0.2, 0.25) is 0 Å². The highest BCUT2D eigenvalue weighted by molar-refractivity contribution is 5.37. The summed E-state index contributed by atoms with van der Waals surface area (Å²) < 4.78 is 10.8. The van der Waals surface area contributed by atoms with Crippen LogP contribution in [0.4, 0.5) is 6.01 Å². The molecular weight excluding hydrogens is 244 g/mol. The van der Waals surface area contributed by atoms with Crippen LogP contribution in [0.3, 0.4) is 0 Å². The van der Waals surface area contributed by atoms with Gasteiger partial charge in [0, 0.05) is 12.6 Å². The highest BCUT2D eigenvalue weighted by Gasteiger charge is 2.14. The second-order valence-electron chi connectivity index (χ2n) is 4.38. The molecule has 0 amide bonds. The molecule has 2 rings (SSSR count). The summed E-state index contributed by atoms with van der Waals surface area (Å²) in [6, 6.07) is 8.00. The number of rotatable bonds is 5. The molecule has 0 spiro atoms. The molecule has 6 heteroatoms. The SMILES string of the molecule is COc1ccccc1CN(C)c1nnc(C(C)N)o1. The van der Waals surface area contributed by atoms with Gasteiger partial charge in [-0.25, -0.2) is 0 Å². The summed E-state index contributed by atoms with van der Waals surface area (Å²) in [6.07, 6.45) is 0. The molecule has 1 aromatic heterocycles. The fourth-order valence-electron chi connectivity index (χ4n) is 1.72. The molecule has 6 nitrogen and oxygen atoms in total. The molecule has 0 saturated heterocycles. The Labute approximate surface area is 112 Å². The third kappa shape index (κ3) is 3.03. The Morgan fingerprint density at radius 1 is 1.37 bits per heavy atom. The van der Waals surface area contributed by atoms with E-state index in [1.54, 1.807) is 14.0 Å². The lowest BCUT2D eigenvalue weighted by Crippen LogP contribution is -2.17. The molecule has 0 bridgehead atoms. The highest BCUT2D eigenvalue weighted by atomic mass is 16.5. The average Bonchev–Trinajstić information content (AvgIpc) is 2.89. The zero-order valence-corrected chi connectivity index (χ0v) is 11.3. The van der Waals surface area contributed by atoms with E-state index in [0.29, 0.717) is 18.5 Å². The van der Waals surface area contributed by atoms with Crippen molar-refractivity contribution in [1.29, 1.82) is 0 Å². The average molecular weight is 262 g/mol. The lowest BCUT2D eigenvalue weighted by Gasteiger charge is -2.16. The molecule has 1 unspecified atom stereocenters. The van der Waals surface area contributed by atoms with E-state index in [1.165, 1.54) is 0 Å². The van der Waals surface area contributed by atoms with Gasteiger partial charge in [0.2, 0.25) is 5.89 Å². The molecule has 0 radical (unpaired) electrons. The maximum absolute atomic E-state index is 5.69. The summed E-state index contributed by atoms with van der Waals surface area (Å²) >= 11 is 0. The van der Waals surface area contributed by atoms with Crippen LogP contribution < -0.4 is 15.4 Å². The number of hydrogen-bond donors (Lipinski definition) is 1. The number of nitrogens with zero attached hydrogens (tertiary/aromatic N) is 3. The summed E-state index contributed by atoms with van der Waals surface area (Å²) in [6.45, 7) is 2.42. The number of benzene rings is 1. The van der Waals surface area contributed by atoms with Crippen molar-refractivity contribution in [2.45, 2.75) is 19.5 Å². The minimum Gasteiger partial charge on any atom is -0.496 e. The van der Waals surface area contributed by atoms with Gasteiger partial charge in [0.05, 0.1) is 19.7 Å². The van der Waals surface area contributed by atoms with Crippen LogP contribution in [0.1, 0.15) is 24.4 Å². The molecule has 0 aliphatic heterocycles. The van der Waals surface area contributed by atoms with Gasteiger partial charge in [-0.1, -0.05) is 23.3 Å². The molecule has 1 atom stereocenters. The summed E-state index contributed by atoms with van der Waals surface area (Å²) in [5.41, 5.74) is 6.74. The smallest absolute Gasteiger partial charge is 0.318 e. The van der Waals surface area contributed by atoms with Crippen molar-refractivity contribution in [3.63, 3.8) is 0 Å². The predicted octanol–water partition coefficient (Wildman–Crippen LogP) is 1.73. The van der Waals surface area contributed by atoms with Gasteiger partial charge in [0.15, 0.2) is 0 Å². The normalized spacial score (nSPS) is 12.2. The number of nitrogens with two attached hydrogens (primary N) is 1. The Bertz CT molecular complexity index is 539. The Kier molecular flexibility index (Phi) is 4.01. The zero-order chi connectivity index (χ0) is 13.8. The van der Waals surface area contributed by atoms with Gasteiger partial charge in [-0.15, -0.1) is 5.10 Å². The van der Waals surface area contributed by atoms with Crippen molar-refractivity contribution < 1.29 is 9.15 Å². The molecule has 19 heavy (non-hydrogen) atoms. The third-order valence-electron chi connectivity index (χ3n) is 2.75. The van der Waals surface area contributed by atoms with E-state index in [0.717, 1.165) is 11.3 Å². The number of para-hydroxylation sites is 1. The Balaban J connectivity index is 2.13. The van der Waals surface area contributed by atoms with Gasteiger partial charge in [-0.2, -0.15) is 0 Å². The number of hydrogen-bond acceptors (Lipinski definition) is 6. The van der Waals surface area contributed by atoms with Crippen LogP contribution in [0.15, 0.2) is 28.7 Å². The van der Waals surface area contributed by atoms with Gasteiger partial charge >= 0.3 is 6.01 Å². The van der Waals surface area contributed by atoms with Crippen molar-refractivity contribution >= 4 is 6.01 Å². The Morgan fingerprint density at radius 2 is 2.11 bits per heavy atom. The van der Waals surface area contributed by atoms with Gasteiger partial charge in [0.1, 0.15) is 5.75 Å². The first kappa shape index (κ1) is 13.4. The van der Waals surface area contributed by atoms with Crippen molar-refractivity contribution in [3.05, 3.63) is 35.7 Å². The second-order valence-corrected chi connectivity index (χ2v) is 4.38. The molecule has 0 fully saturated rings. The van der Waals surface area contributed by atoms with Crippen molar-refractivity contribution in [1.82, 2.24) is 10.2 Å². The first-order valence-corrected chi connectivity index (χ1v) is 6.04. The zero-order valence-electron chi connectivity index (χ0n) is 11.3. The highest BCUT2D eigenvalue weighted by Crippen LogP contribution is 2.22. The van der Waals surface area contributed by atoms with Crippen molar-refractivity contribution in [2.75, 3.05) is 19.1 Å². The van der Waals surface area contributed by atoms with Crippen LogP contribution in [0, 0.1) is 0 Å². The largest absolute Gasteiger partial charge is 0.496 e. The predicted molar refractivity (Wildman–Crippen MR) is 72.0 cm³/mol. The topological polar surface area (TPSA) is 77.4 Å². The first-order chi connectivity index (χ1) is 9.11. The van der Waals surface area contributed by atoms with Crippen molar-refractivity contribution in [3.8, 4) is 5.75 Å². The van der Waals surface area contributed by atoms with E-state index in [4.69, 9.17) is 14.9 Å². The molecule has 1 heterocycles. The molecular formula is C13H18N4O2.